The summed E-state index contributed by atoms with van der Waals surface area (Å²) in [6, 6.07) is 4.10. The van der Waals surface area contributed by atoms with E-state index in [1.54, 1.807) is 6.07 Å². The fourth-order valence-corrected chi connectivity index (χ4v) is 3.22. The number of likely N-dealkylation sites (tertiary alicyclic amines) is 1. The monoisotopic (exact) mass is 319 g/mol. The van der Waals surface area contributed by atoms with Crippen molar-refractivity contribution in [2.75, 3.05) is 13.1 Å². The smallest absolute Gasteiger partial charge is 0.229 e. The second-order valence-electron chi connectivity index (χ2n) is 6.59. The highest BCUT2D eigenvalue weighted by Gasteiger charge is 2.32. The molecule has 1 aliphatic heterocycles. The van der Waals surface area contributed by atoms with Crippen LogP contribution in [0.3, 0.4) is 0 Å². The van der Waals surface area contributed by atoms with Gasteiger partial charge in [-0.1, -0.05) is 11.2 Å². The topological polar surface area (TPSA) is 42.2 Å². The highest BCUT2D eigenvalue weighted by molar-refractivity contribution is 5.18. The van der Waals surface area contributed by atoms with Crippen molar-refractivity contribution in [3.8, 4) is 0 Å². The molecule has 1 saturated carbocycles. The summed E-state index contributed by atoms with van der Waals surface area (Å²) in [5.41, 5.74) is 0.788. The van der Waals surface area contributed by atoms with E-state index in [1.807, 2.05) is 0 Å². The molecule has 2 heterocycles. The lowest BCUT2D eigenvalue weighted by molar-refractivity contribution is 0.194. The molecule has 0 N–H and O–H groups in total. The van der Waals surface area contributed by atoms with Crippen LogP contribution in [0.1, 0.15) is 54.8 Å². The molecule has 2 aliphatic rings. The lowest BCUT2D eigenvalue weighted by Crippen LogP contribution is -2.34. The predicted molar refractivity (Wildman–Crippen MR) is 79.9 cm³/mol. The van der Waals surface area contributed by atoms with Crippen LogP contribution in [0.2, 0.25) is 0 Å². The normalized spacial score (nSPS) is 22.4. The third-order valence-electron chi connectivity index (χ3n) is 4.64. The number of piperidine rings is 1. The molecule has 6 heteroatoms. The third kappa shape index (κ3) is 3.27. The number of aromatic nitrogens is 2. The highest BCUT2D eigenvalue weighted by Crippen LogP contribution is 2.39. The Labute approximate surface area is 133 Å². The van der Waals surface area contributed by atoms with Crippen molar-refractivity contribution in [3.63, 3.8) is 0 Å². The van der Waals surface area contributed by atoms with Crippen LogP contribution in [0, 0.1) is 11.6 Å². The van der Waals surface area contributed by atoms with Gasteiger partial charge in [0, 0.05) is 24.9 Å². The molecule has 1 saturated heterocycles. The summed E-state index contributed by atoms with van der Waals surface area (Å²) < 4.78 is 31.7. The molecule has 1 aromatic carbocycles. The molecule has 0 spiro atoms. The first kappa shape index (κ1) is 14.8. The molecular weight excluding hydrogens is 300 g/mol. The van der Waals surface area contributed by atoms with E-state index in [0.717, 1.165) is 56.1 Å². The van der Waals surface area contributed by atoms with Crippen molar-refractivity contribution >= 4 is 0 Å². The third-order valence-corrected chi connectivity index (χ3v) is 4.64. The maximum absolute atomic E-state index is 13.3. The molecular formula is C17H19F2N3O. The van der Waals surface area contributed by atoms with Gasteiger partial charge in [-0.15, -0.1) is 0 Å². The largest absolute Gasteiger partial charge is 0.339 e. The summed E-state index contributed by atoms with van der Waals surface area (Å²) >= 11 is 0. The van der Waals surface area contributed by atoms with Crippen molar-refractivity contribution in [2.45, 2.75) is 44.1 Å². The molecule has 0 bridgehead atoms. The molecule has 4 nitrogen and oxygen atoms in total. The summed E-state index contributed by atoms with van der Waals surface area (Å²) in [6.07, 6.45) is 4.38. The van der Waals surface area contributed by atoms with Crippen molar-refractivity contribution in [3.05, 3.63) is 47.1 Å². The van der Waals surface area contributed by atoms with E-state index in [-0.39, 0.29) is 5.92 Å². The molecule has 1 atom stereocenters. The van der Waals surface area contributed by atoms with Crippen LogP contribution in [0.5, 0.6) is 0 Å². The first-order valence-electron chi connectivity index (χ1n) is 8.19. The Bertz CT molecular complexity index is 699. The standard InChI is InChI=1S/C17H19F2N3O/c18-14-6-3-11(8-15(14)19)9-22-7-1-2-13(10-22)16-20-17(23-21-16)12-4-5-12/h3,6,8,12-13H,1-2,4-5,7,9-10H2/t13-/m1/s1. The van der Waals surface area contributed by atoms with E-state index in [1.165, 1.54) is 12.1 Å². The molecule has 1 aromatic heterocycles. The Kier molecular flexibility index (Phi) is 3.85. The summed E-state index contributed by atoms with van der Waals surface area (Å²) in [6.45, 7) is 2.38. The highest BCUT2D eigenvalue weighted by atomic mass is 19.2. The van der Waals surface area contributed by atoms with Crippen LogP contribution in [-0.2, 0) is 6.54 Å². The van der Waals surface area contributed by atoms with Crippen LogP contribution in [-0.4, -0.2) is 28.1 Å². The van der Waals surface area contributed by atoms with Crippen LogP contribution in [0.15, 0.2) is 22.7 Å². The lowest BCUT2D eigenvalue weighted by atomic mass is 9.97. The van der Waals surface area contributed by atoms with E-state index in [0.29, 0.717) is 12.5 Å². The van der Waals surface area contributed by atoms with E-state index < -0.39 is 11.6 Å². The Morgan fingerprint density at radius 1 is 1.13 bits per heavy atom. The minimum atomic E-state index is -0.801. The average Bonchev–Trinajstić information content (AvgIpc) is 3.28. The number of benzene rings is 1. The molecule has 2 aromatic rings. The van der Waals surface area contributed by atoms with Gasteiger partial charge in [0.1, 0.15) is 0 Å². The van der Waals surface area contributed by atoms with Gasteiger partial charge in [0.2, 0.25) is 5.89 Å². The molecule has 4 rings (SSSR count). The summed E-state index contributed by atoms with van der Waals surface area (Å²) in [7, 11) is 0. The average molecular weight is 319 g/mol. The van der Waals surface area contributed by atoms with Gasteiger partial charge < -0.3 is 4.52 Å². The molecule has 23 heavy (non-hydrogen) atoms. The van der Waals surface area contributed by atoms with Crippen molar-refractivity contribution in [2.24, 2.45) is 0 Å². The number of halogens is 2. The lowest BCUT2D eigenvalue weighted by Gasteiger charge is -2.31. The minimum Gasteiger partial charge on any atom is -0.339 e. The summed E-state index contributed by atoms with van der Waals surface area (Å²) in [5, 5.41) is 4.15. The molecule has 0 unspecified atom stereocenters. The first-order valence-corrected chi connectivity index (χ1v) is 8.19. The zero-order valence-electron chi connectivity index (χ0n) is 12.8. The fraction of sp³-hybridized carbons (Fsp3) is 0.529. The Hall–Kier alpha value is -1.82. The van der Waals surface area contributed by atoms with E-state index in [2.05, 4.69) is 15.0 Å². The number of hydrogen-bond acceptors (Lipinski definition) is 4. The van der Waals surface area contributed by atoms with Crippen LogP contribution in [0.25, 0.3) is 0 Å². The maximum atomic E-state index is 13.3. The van der Waals surface area contributed by atoms with E-state index in [9.17, 15) is 8.78 Å². The van der Waals surface area contributed by atoms with Crippen LogP contribution in [0.4, 0.5) is 8.78 Å². The van der Waals surface area contributed by atoms with Crippen LogP contribution >= 0.6 is 0 Å². The van der Waals surface area contributed by atoms with Gasteiger partial charge in [0.05, 0.1) is 0 Å². The minimum absolute atomic E-state index is 0.255. The molecule has 2 fully saturated rings. The fourth-order valence-electron chi connectivity index (χ4n) is 3.22. The SMILES string of the molecule is Fc1ccc(CN2CCC[C@@H](c3noc(C4CC4)n3)C2)cc1F. The van der Waals surface area contributed by atoms with Crippen LogP contribution < -0.4 is 0 Å². The van der Waals surface area contributed by atoms with Gasteiger partial charge in [-0.3, -0.25) is 4.90 Å². The van der Waals surface area contributed by atoms with E-state index >= 15 is 0 Å². The van der Waals surface area contributed by atoms with Gasteiger partial charge in [-0.05, 0) is 49.9 Å². The molecule has 1 aliphatic carbocycles. The van der Waals surface area contributed by atoms with Gasteiger partial charge >= 0.3 is 0 Å². The Morgan fingerprint density at radius 3 is 2.78 bits per heavy atom. The number of hydrogen-bond donors (Lipinski definition) is 0. The van der Waals surface area contributed by atoms with Crippen molar-refractivity contribution < 1.29 is 13.3 Å². The van der Waals surface area contributed by atoms with Gasteiger partial charge in [-0.25, -0.2) is 8.78 Å². The van der Waals surface area contributed by atoms with Crippen molar-refractivity contribution in [1.29, 1.82) is 0 Å². The summed E-state index contributed by atoms with van der Waals surface area (Å²) in [4.78, 5) is 6.79. The number of nitrogens with zero attached hydrogens (tertiary/aromatic N) is 3. The van der Waals surface area contributed by atoms with Gasteiger partial charge in [0.25, 0.3) is 0 Å². The summed E-state index contributed by atoms with van der Waals surface area (Å²) in [5.74, 6) is 0.705. The Balaban J connectivity index is 1.42. The number of rotatable bonds is 4. The first-order chi connectivity index (χ1) is 11.2. The molecule has 0 amide bonds. The Morgan fingerprint density at radius 2 is 2.00 bits per heavy atom. The maximum Gasteiger partial charge on any atom is 0.229 e. The van der Waals surface area contributed by atoms with Crippen molar-refractivity contribution in [1.82, 2.24) is 15.0 Å². The second kappa shape index (κ2) is 6.00. The van der Waals surface area contributed by atoms with Gasteiger partial charge in [0.15, 0.2) is 17.5 Å². The zero-order chi connectivity index (χ0) is 15.8. The second-order valence-corrected chi connectivity index (χ2v) is 6.59. The molecule has 0 radical (unpaired) electrons. The van der Waals surface area contributed by atoms with E-state index in [4.69, 9.17) is 4.52 Å². The molecule has 122 valence electrons. The van der Waals surface area contributed by atoms with Gasteiger partial charge in [-0.2, -0.15) is 4.98 Å². The quantitative estimate of drug-likeness (QED) is 0.863. The zero-order valence-corrected chi connectivity index (χ0v) is 12.8. The predicted octanol–water partition coefficient (Wildman–Crippen LogP) is 3.60.